The maximum atomic E-state index is 11.0. The van der Waals surface area contributed by atoms with E-state index in [1.165, 1.54) is 36.0 Å². The lowest BCUT2D eigenvalue weighted by atomic mass is 9.72. The predicted molar refractivity (Wildman–Crippen MR) is 111 cm³/mol. The SMILES string of the molecule is CC1=C(/C=C/C(C)=C/C=C\C(C)=C/COC(=O)CBr)C(C)(C)CCC1. The average molecular weight is 407 g/mol. The molecule has 0 unspecified atom stereocenters. The molecule has 0 heterocycles. The van der Waals surface area contributed by atoms with Gasteiger partial charge in [-0.3, -0.25) is 4.79 Å². The minimum absolute atomic E-state index is 0.233. The van der Waals surface area contributed by atoms with E-state index < -0.39 is 0 Å². The van der Waals surface area contributed by atoms with Crippen LogP contribution in [0.25, 0.3) is 0 Å². The first kappa shape index (κ1) is 21.7. The molecule has 0 N–H and O–H groups in total. The zero-order chi connectivity index (χ0) is 18.9. The van der Waals surface area contributed by atoms with Crippen LogP contribution in [0.1, 0.15) is 53.9 Å². The topological polar surface area (TPSA) is 26.3 Å². The Balaban J connectivity index is 2.63. The summed E-state index contributed by atoms with van der Waals surface area (Å²) >= 11 is 3.07. The Morgan fingerprint density at radius 2 is 1.96 bits per heavy atom. The van der Waals surface area contributed by atoms with Gasteiger partial charge in [-0.05, 0) is 57.1 Å². The lowest BCUT2D eigenvalue weighted by Crippen LogP contribution is -2.19. The maximum Gasteiger partial charge on any atom is 0.316 e. The molecule has 0 aliphatic heterocycles. The van der Waals surface area contributed by atoms with Crippen LogP contribution in [-0.4, -0.2) is 17.9 Å². The number of hydrogen-bond donors (Lipinski definition) is 0. The first-order valence-corrected chi connectivity index (χ1v) is 10.00. The molecule has 2 nitrogen and oxygen atoms in total. The number of ether oxygens (including phenoxy) is 1. The molecular formula is C22H31BrO2. The van der Waals surface area contributed by atoms with Crippen LogP contribution in [0.15, 0.2) is 58.7 Å². The monoisotopic (exact) mass is 406 g/mol. The number of hydrogen-bond acceptors (Lipinski definition) is 2. The fraction of sp³-hybridized carbons (Fsp3) is 0.500. The second kappa shape index (κ2) is 10.6. The van der Waals surface area contributed by atoms with Crippen LogP contribution in [-0.2, 0) is 9.53 Å². The van der Waals surface area contributed by atoms with Crippen molar-refractivity contribution in [2.75, 3.05) is 11.9 Å². The van der Waals surface area contributed by atoms with E-state index in [4.69, 9.17) is 4.74 Å². The van der Waals surface area contributed by atoms with Gasteiger partial charge in [0.2, 0.25) is 0 Å². The number of esters is 1. The molecule has 0 amide bonds. The largest absolute Gasteiger partial charge is 0.461 e. The molecule has 0 spiro atoms. The Bertz CT molecular complexity index is 616. The van der Waals surface area contributed by atoms with Crippen molar-refractivity contribution < 1.29 is 9.53 Å². The highest BCUT2D eigenvalue weighted by Crippen LogP contribution is 2.40. The molecule has 0 aromatic heterocycles. The number of halogens is 1. The van der Waals surface area contributed by atoms with E-state index in [1.807, 2.05) is 25.2 Å². The molecule has 1 aliphatic rings. The molecule has 0 fully saturated rings. The summed E-state index contributed by atoms with van der Waals surface area (Å²) in [6, 6.07) is 0. The van der Waals surface area contributed by atoms with Crippen LogP contribution in [0, 0.1) is 5.41 Å². The van der Waals surface area contributed by atoms with Crippen LogP contribution >= 0.6 is 15.9 Å². The van der Waals surface area contributed by atoms with Gasteiger partial charge in [0.25, 0.3) is 0 Å². The molecule has 0 aromatic carbocycles. The van der Waals surface area contributed by atoms with E-state index in [0.717, 1.165) is 5.57 Å². The normalized spacial score (nSPS) is 19.1. The van der Waals surface area contributed by atoms with E-state index in [-0.39, 0.29) is 16.7 Å². The van der Waals surface area contributed by atoms with Crippen molar-refractivity contribution in [3.8, 4) is 0 Å². The lowest BCUT2D eigenvalue weighted by molar-refractivity contribution is -0.139. The average Bonchev–Trinajstić information content (AvgIpc) is 2.53. The second-order valence-corrected chi connectivity index (χ2v) is 7.86. The molecule has 138 valence electrons. The van der Waals surface area contributed by atoms with E-state index >= 15 is 0 Å². The summed E-state index contributed by atoms with van der Waals surface area (Å²) in [5.74, 6) is -0.246. The zero-order valence-electron chi connectivity index (χ0n) is 16.2. The first-order chi connectivity index (χ1) is 11.8. The zero-order valence-corrected chi connectivity index (χ0v) is 17.8. The van der Waals surface area contributed by atoms with Crippen LogP contribution in [0.3, 0.4) is 0 Å². The molecule has 0 radical (unpaired) electrons. The summed E-state index contributed by atoms with van der Waals surface area (Å²) in [5.41, 5.74) is 5.58. The minimum Gasteiger partial charge on any atom is -0.461 e. The minimum atomic E-state index is -0.246. The van der Waals surface area contributed by atoms with Gasteiger partial charge in [0.05, 0.1) is 0 Å². The van der Waals surface area contributed by atoms with Crippen molar-refractivity contribution in [1.29, 1.82) is 0 Å². The van der Waals surface area contributed by atoms with Crippen molar-refractivity contribution >= 4 is 21.9 Å². The molecule has 0 bridgehead atoms. The quantitative estimate of drug-likeness (QED) is 0.275. The van der Waals surface area contributed by atoms with Crippen molar-refractivity contribution in [1.82, 2.24) is 0 Å². The third kappa shape index (κ3) is 8.04. The smallest absolute Gasteiger partial charge is 0.316 e. The summed E-state index contributed by atoms with van der Waals surface area (Å²) in [6.07, 6.45) is 16.3. The Morgan fingerprint density at radius 1 is 1.24 bits per heavy atom. The van der Waals surface area contributed by atoms with Gasteiger partial charge in [0, 0.05) is 0 Å². The number of rotatable bonds is 7. The van der Waals surface area contributed by atoms with Gasteiger partial charge in [-0.15, -0.1) is 0 Å². The molecule has 0 saturated heterocycles. The van der Waals surface area contributed by atoms with Crippen LogP contribution in [0.5, 0.6) is 0 Å². The van der Waals surface area contributed by atoms with Crippen molar-refractivity contribution in [3.63, 3.8) is 0 Å². The van der Waals surface area contributed by atoms with Crippen molar-refractivity contribution in [2.24, 2.45) is 5.41 Å². The first-order valence-electron chi connectivity index (χ1n) is 8.88. The Labute approximate surface area is 161 Å². The fourth-order valence-electron chi connectivity index (χ4n) is 3.01. The molecule has 0 saturated carbocycles. The van der Waals surface area contributed by atoms with E-state index in [2.05, 4.69) is 61.9 Å². The van der Waals surface area contributed by atoms with Gasteiger partial charge in [0.15, 0.2) is 0 Å². The summed E-state index contributed by atoms with van der Waals surface area (Å²) < 4.78 is 5.00. The predicted octanol–water partition coefficient (Wildman–Crippen LogP) is 6.46. The van der Waals surface area contributed by atoms with Gasteiger partial charge in [-0.2, -0.15) is 0 Å². The van der Waals surface area contributed by atoms with E-state index in [9.17, 15) is 4.79 Å². The number of alkyl halides is 1. The highest BCUT2D eigenvalue weighted by molar-refractivity contribution is 9.09. The molecular weight excluding hydrogens is 376 g/mol. The summed E-state index contributed by atoms with van der Waals surface area (Å²) in [5, 5.41) is 0.233. The molecule has 0 aromatic rings. The van der Waals surface area contributed by atoms with Gasteiger partial charge < -0.3 is 4.74 Å². The van der Waals surface area contributed by atoms with Gasteiger partial charge in [-0.25, -0.2) is 0 Å². The number of allylic oxidation sites excluding steroid dienone is 9. The van der Waals surface area contributed by atoms with E-state index in [0.29, 0.717) is 6.61 Å². The van der Waals surface area contributed by atoms with Crippen LogP contribution in [0.2, 0.25) is 0 Å². The number of carbonyl (C=O) groups excluding carboxylic acids is 1. The maximum absolute atomic E-state index is 11.0. The standard InChI is InChI=1S/C22H31BrO2/c1-17(8-6-9-18(2)13-15-25-21(24)16-23)11-12-20-19(3)10-7-14-22(20,4)5/h6,8-9,11-13H,7,10,14-16H2,1-5H3/b9-6-,12-11+,17-8+,18-13-. The van der Waals surface area contributed by atoms with Gasteiger partial charge in [0.1, 0.15) is 11.9 Å². The van der Waals surface area contributed by atoms with Gasteiger partial charge >= 0.3 is 5.97 Å². The molecule has 3 heteroatoms. The lowest BCUT2D eigenvalue weighted by Gasteiger charge is -2.32. The highest BCUT2D eigenvalue weighted by atomic mass is 79.9. The van der Waals surface area contributed by atoms with E-state index in [1.54, 1.807) is 0 Å². The Hall–Kier alpha value is -1.35. The van der Waals surface area contributed by atoms with Gasteiger partial charge in [-0.1, -0.05) is 76.9 Å². The third-order valence-electron chi connectivity index (χ3n) is 4.53. The molecule has 0 atom stereocenters. The summed E-state index contributed by atoms with van der Waals surface area (Å²) in [4.78, 5) is 11.0. The fourth-order valence-corrected chi connectivity index (χ4v) is 3.17. The van der Waals surface area contributed by atoms with Crippen molar-refractivity contribution in [2.45, 2.75) is 53.9 Å². The summed E-state index contributed by atoms with van der Waals surface area (Å²) in [6.45, 7) is 11.4. The number of carbonyl (C=O) groups is 1. The summed E-state index contributed by atoms with van der Waals surface area (Å²) in [7, 11) is 0. The molecule has 1 aliphatic carbocycles. The molecule has 1 rings (SSSR count). The molecule has 25 heavy (non-hydrogen) atoms. The second-order valence-electron chi connectivity index (χ2n) is 7.30. The van der Waals surface area contributed by atoms with Crippen LogP contribution in [0.4, 0.5) is 0 Å². The van der Waals surface area contributed by atoms with Crippen LogP contribution < -0.4 is 0 Å². The third-order valence-corrected chi connectivity index (χ3v) is 4.99. The highest BCUT2D eigenvalue weighted by Gasteiger charge is 2.26. The van der Waals surface area contributed by atoms with Crippen molar-refractivity contribution in [3.05, 3.63) is 58.7 Å². The Kier molecular flexibility index (Phi) is 9.20. The Morgan fingerprint density at radius 3 is 2.60 bits per heavy atom.